The third-order valence-corrected chi connectivity index (χ3v) is 5.76. The van der Waals surface area contributed by atoms with Gasteiger partial charge in [0.25, 0.3) is 0 Å². The van der Waals surface area contributed by atoms with Crippen molar-refractivity contribution in [3.63, 3.8) is 0 Å². The van der Waals surface area contributed by atoms with Gasteiger partial charge in [-0.2, -0.15) is 5.10 Å². The van der Waals surface area contributed by atoms with Crippen LogP contribution in [0.4, 0.5) is 0 Å². The fourth-order valence-corrected chi connectivity index (χ4v) is 4.42. The third-order valence-electron chi connectivity index (χ3n) is 5.76. The van der Waals surface area contributed by atoms with E-state index >= 15 is 0 Å². The van der Waals surface area contributed by atoms with E-state index in [0.717, 1.165) is 35.7 Å². The molecule has 0 spiro atoms. The summed E-state index contributed by atoms with van der Waals surface area (Å²) in [6.07, 6.45) is 3.64. The summed E-state index contributed by atoms with van der Waals surface area (Å²) in [5.41, 5.74) is 5.56. The van der Waals surface area contributed by atoms with E-state index in [4.69, 9.17) is 14.6 Å². The Morgan fingerprint density at radius 1 is 1.07 bits per heavy atom. The highest BCUT2D eigenvalue weighted by atomic mass is 16.5. The van der Waals surface area contributed by atoms with Crippen LogP contribution in [0.1, 0.15) is 43.0 Å². The number of fused-ring (bicyclic) bond motifs is 3. The molecule has 5 nitrogen and oxygen atoms in total. The molecule has 0 aromatic heterocycles. The zero-order valence-electron chi connectivity index (χ0n) is 17.3. The number of hydrogen-bond acceptors (Lipinski definition) is 5. The molecule has 2 aromatic rings. The van der Waals surface area contributed by atoms with Crippen LogP contribution in [0.25, 0.3) is 0 Å². The molecule has 0 amide bonds. The molecule has 2 aromatic carbocycles. The summed E-state index contributed by atoms with van der Waals surface area (Å²) >= 11 is 0. The molecule has 1 heterocycles. The van der Waals surface area contributed by atoms with Gasteiger partial charge in [0.1, 0.15) is 11.5 Å². The Kier molecular flexibility index (Phi) is 5.14. The minimum Gasteiger partial charge on any atom is -0.497 e. The molecular weight excluding hydrogens is 364 g/mol. The van der Waals surface area contributed by atoms with Gasteiger partial charge < -0.3 is 9.47 Å². The topological polar surface area (TPSA) is 51.1 Å². The summed E-state index contributed by atoms with van der Waals surface area (Å²) in [4.78, 5) is 11.7. The maximum Gasteiger partial charge on any atom is 0.154 e. The van der Waals surface area contributed by atoms with E-state index in [1.807, 2.05) is 30.1 Å². The number of carbonyl (C=O) groups is 1. The van der Waals surface area contributed by atoms with Gasteiger partial charge in [0.05, 0.1) is 26.0 Å². The Labute approximate surface area is 171 Å². The van der Waals surface area contributed by atoms with Gasteiger partial charge in [0, 0.05) is 23.3 Å². The van der Waals surface area contributed by atoms with Gasteiger partial charge >= 0.3 is 0 Å². The molecule has 1 aliphatic carbocycles. The predicted molar refractivity (Wildman–Crippen MR) is 113 cm³/mol. The van der Waals surface area contributed by atoms with Crippen molar-refractivity contribution in [3.8, 4) is 11.5 Å². The first-order valence-electron chi connectivity index (χ1n) is 9.89. The molecule has 0 unspecified atom stereocenters. The largest absolute Gasteiger partial charge is 0.497 e. The Hall–Kier alpha value is -3.08. The Bertz CT molecular complexity index is 992. The zero-order chi connectivity index (χ0) is 20.5. The highest BCUT2D eigenvalue weighted by Gasteiger charge is 2.42. The van der Waals surface area contributed by atoms with Gasteiger partial charge in [-0.15, -0.1) is 0 Å². The van der Waals surface area contributed by atoms with Gasteiger partial charge in [0.15, 0.2) is 5.78 Å². The maximum absolute atomic E-state index is 11.7. The number of aryl methyl sites for hydroxylation is 1. The summed E-state index contributed by atoms with van der Waals surface area (Å²) in [6, 6.07) is 14.4. The molecule has 4 rings (SSSR count). The standard InChI is InChI=1S/C24H26N2O3/c1-15(13-16(2)27)26-24(17-5-8-19(28-3)9-6-17)22-11-7-18-14-20(29-4)10-12-21(18)23(22)25-26/h5-6,8-10,12-14,22,24H,7,11H2,1-4H3/b15-13-/t22-,24+/m1/s1. The zero-order valence-corrected chi connectivity index (χ0v) is 17.3. The first-order chi connectivity index (χ1) is 14.0. The van der Waals surface area contributed by atoms with Gasteiger partial charge in [0.2, 0.25) is 0 Å². The fourth-order valence-electron chi connectivity index (χ4n) is 4.42. The number of carbonyl (C=O) groups excluding carboxylic acids is 1. The van der Waals surface area contributed by atoms with Crippen molar-refractivity contribution in [1.29, 1.82) is 0 Å². The number of hydrazone groups is 1. The van der Waals surface area contributed by atoms with Crippen LogP contribution in [0.3, 0.4) is 0 Å². The second kappa shape index (κ2) is 7.74. The number of rotatable bonds is 5. The van der Waals surface area contributed by atoms with Crippen molar-refractivity contribution in [2.75, 3.05) is 14.2 Å². The van der Waals surface area contributed by atoms with E-state index in [1.54, 1.807) is 27.2 Å². The summed E-state index contributed by atoms with van der Waals surface area (Å²) in [5.74, 6) is 1.99. The molecule has 5 heteroatoms. The predicted octanol–water partition coefficient (Wildman–Crippen LogP) is 4.52. The molecule has 0 bridgehead atoms. The van der Waals surface area contributed by atoms with Crippen LogP contribution in [0, 0.1) is 5.92 Å². The fraction of sp³-hybridized carbons (Fsp3) is 0.333. The van der Waals surface area contributed by atoms with E-state index in [0.29, 0.717) is 0 Å². The van der Waals surface area contributed by atoms with Crippen LogP contribution in [0.5, 0.6) is 11.5 Å². The molecule has 0 fully saturated rings. The average Bonchev–Trinajstić information content (AvgIpc) is 3.13. The number of ether oxygens (including phenoxy) is 2. The lowest BCUT2D eigenvalue weighted by Crippen LogP contribution is -2.28. The van der Waals surface area contributed by atoms with E-state index in [2.05, 4.69) is 24.3 Å². The second-order valence-electron chi connectivity index (χ2n) is 7.61. The smallest absolute Gasteiger partial charge is 0.154 e. The first kappa shape index (κ1) is 19.2. The highest BCUT2D eigenvalue weighted by molar-refractivity contribution is 6.06. The van der Waals surface area contributed by atoms with E-state index in [-0.39, 0.29) is 17.7 Å². The molecule has 0 saturated carbocycles. The van der Waals surface area contributed by atoms with Gasteiger partial charge in [-0.05, 0) is 68.1 Å². The quantitative estimate of drug-likeness (QED) is 0.705. The lowest BCUT2D eigenvalue weighted by molar-refractivity contribution is -0.112. The Morgan fingerprint density at radius 2 is 1.76 bits per heavy atom. The van der Waals surface area contributed by atoms with Crippen molar-refractivity contribution in [2.45, 2.75) is 32.7 Å². The van der Waals surface area contributed by atoms with Crippen molar-refractivity contribution >= 4 is 11.5 Å². The van der Waals surface area contributed by atoms with Crippen molar-refractivity contribution in [2.24, 2.45) is 11.0 Å². The number of ketones is 1. The monoisotopic (exact) mass is 390 g/mol. The van der Waals surface area contributed by atoms with Crippen LogP contribution in [-0.2, 0) is 11.2 Å². The van der Waals surface area contributed by atoms with Crippen molar-refractivity contribution in [1.82, 2.24) is 5.01 Å². The Balaban J connectivity index is 1.79. The molecule has 0 radical (unpaired) electrons. The first-order valence-corrected chi connectivity index (χ1v) is 9.89. The number of allylic oxidation sites excluding steroid dienone is 2. The third kappa shape index (κ3) is 3.53. The van der Waals surface area contributed by atoms with Crippen LogP contribution < -0.4 is 9.47 Å². The molecule has 0 N–H and O–H groups in total. The minimum absolute atomic E-state index is 0.0242. The maximum atomic E-state index is 11.7. The molecule has 150 valence electrons. The lowest BCUT2D eigenvalue weighted by atomic mass is 9.77. The Morgan fingerprint density at radius 3 is 2.41 bits per heavy atom. The molecule has 0 saturated heterocycles. The highest BCUT2D eigenvalue weighted by Crippen LogP contribution is 2.45. The van der Waals surface area contributed by atoms with E-state index in [9.17, 15) is 4.79 Å². The van der Waals surface area contributed by atoms with Crippen LogP contribution in [0.2, 0.25) is 0 Å². The van der Waals surface area contributed by atoms with Crippen LogP contribution >= 0.6 is 0 Å². The molecule has 29 heavy (non-hydrogen) atoms. The number of nitrogens with zero attached hydrogens (tertiary/aromatic N) is 2. The lowest BCUT2D eigenvalue weighted by Gasteiger charge is -2.31. The number of benzene rings is 2. The second-order valence-corrected chi connectivity index (χ2v) is 7.61. The summed E-state index contributed by atoms with van der Waals surface area (Å²) in [7, 11) is 3.36. The molecule has 2 aliphatic rings. The number of methoxy groups -OCH3 is 2. The summed E-state index contributed by atoms with van der Waals surface area (Å²) in [5, 5.41) is 7.03. The average molecular weight is 390 g/mol. The number of hydrogen-bond donors (Lipinski definition) is 0. The van der Waals surface area contributed by atoms with Gasteiger partial charge in [-0.25, -0.2) is 0 Å². The summed E-state index contributed by atoms with van der Waals surface area (Å²) in [6.45, 7) is 3.53. The van der Waals surface area contributed by atoms with Gasteiger partial charge in [-0.3, -0.25) is 9.80 Å². The normalized spacial score (nSPS) is 20.6. The van der Waals surface area contributed by atoms with Crippen LogP contribution in [-0.4, -0.2) is 30.7 Å². The van der Waals surface area contributed by atoms with Crippen molar-refractivity contribution < 1.29 is 14.3 Å². The molecule has 2 atom stereocenters. The van der Waals surface area contributed by atoms with Crippen LogP contribution in [0.15, 0.2) is 59.3 Å². The van der Waals surface area contributed by atoms with E-state index < -0.39 is 0 Å². The molecule has 1 aliphatic heterocycles. The minimum atomic E-state index is 0.0242. The van der Waals surface area contributed by atoms with Gasteiger partial charge in [-0.1, -0.05) is 12.1 Å². The van der Waals surface area contributed by atoms with Crippen molar-refractivity contribution in [3.05, 3.63) is 70.9 Å². The molecular formula is C24H26N2O3. The summed E-state index contributed by atoms with van der Waals surface area (Å²) < 4.78 is 10.7. The SMILES string of the molecule is COc1ccc([C@H]2[C@@H]3CCc4cc(OC)ccc4C3=NN2/C(C)=C\C(C)=O)cc1. The van der Waals surface area contributed by atoms with E-state index in [1.165, 1.54) is 16.7 Å².